The van der Waals surface area contributed by atoms with Gasteiger partial charge in [-0.15, -0.1) is 5.10 Å². The molecule has 5 rings (SSSR count). The second-order valence-corrected chi connectivity index (χ2v) is 7.31. The van der Waals surface area contributed by atoms with Gasteiger partial charge in [-0.1, -0.05) is 6.07 Å². The highest BCUT2D eigenvalue weighted by molar-refractivity contribution is 5.76. The van der Waals surface area contributed by atoms with E-state index < -0.39 is 5.60 Å². The van der Waals surface area contributed by atoms with Crippen LogP contribution in [-0.2, 0) is 35.8 Å². The van der Waals surface area contributed by atoms with Gasteiger partial charge in [0.15, 0.2) is 5.82 Å². The highest BCUT2D eigenvalue weighted by Crippen LogP contribution is 2.31. The second kappa shape index (κ2) is 6.88. The largest absolute Gasteiger partial charge is 0.363 e. The third kappa shape index (κ3) is 3.31. The SMILES string of the molecule is O=C(Cn1cnnn1)N1CCC2(C1)Cn1c(nn(Cc3ccccn3)c1=O)CO2. The highest BCUT2D eigenvalue weighted by atomic mass is 16.5. The van der Waals surface area contributed by atoms with E-state index in [0.717, 1.165) is 5.69 Å². The number of hydrogen-bond donors (Lipinski definition) is 0. The van der Waals surface area contributed by atoms with Crippen molar-refractivity contribution in [1.29, 1.82) is 0 Å². The van der Waals surface area contributed by atoms with Gasteiger partial charge in [0.25, 0.3) is 0 Å². The average Bonchev–Trinajstić information content (AvgIpc) is 3.45. The topological polar surface area (TPSA) is 126 Å². The van der Waals surface area contributed by atoms with Crippen molar-refractivity contribution >= 4 is 5.91 Å². The maximum atomic E-state index is 12.9. The van der Waals surface area contributed by atoms with Crippen LogP contribution in [0.15, 0.2) is 35.5 Å². The lowest BCUT2D eigenvalue weighted by Crippen LogP contribution is -2.47. The first-order valence-corrected chi connectivity index (χ1v) is 9.31. The van der Waals surface area contributed by atoms with Crippen molar-refractivity contribution in [3.8, 4) is 0 Å². The Balaban J connectivity index is 1.31. The maximum Gasteiger partial charge on any atom is 0.346 e. The van der Waals surface area contributed by atoms with E-state index in [-0.39, 0.29) is 24.7 Å². The molecule has 1 amide bonds. The zero-order chi connectivity index (χ0) is 19.8. The van der Waals surface area contributed by atoms with Crippen LogP contribution >= 0.6 is 0 Å². The number of likely N-dealkylation sites (tertiary alicyclic amines) is 1. The van der Waals surface area contributed by atoms with Crippen LogP contribution in [0.5, 0.6) is 0 Å². The number of pyridine rings is 1. The number of hydrogen-bond acceptors (Lipinski definition) is 8. The number of rotatable bonds is 4. The molecule has 0 aromatic carbocycles. The smallest absolute Gasteiger partial charge is 0.346 e. The molecule has 1 spiro atoms. The molecule has 1 atom stereocenters. The number of tetrazole rings is 1. The summed E-state index contributed by atoms with van der Waals surface area (Å²) in [5.41, 5.74) is -0.000832. The van der Waals surface area contributed by atoms with E-state index in [1.165, 1.54) is 15.7 Å². The summed E-state index contributed by atoms with van der Waals surface area (Å²) in [5.74, 6) is 0.511. The summed E-state index contributed by atoms with van der Waals surface area (Å²) in [5, 5.41) is 15.2. The summed E-state index contributed by atoms with van der Waals surface area (Å²) in [6, 6.07) is 5.56. The molecular weight excluding hydrogens is 378 g/mol. The third-order valence-electron chi connectivity index (χ3n) is 5.35. The second-order valence-electron chi connectivity index (χ2n) is 7.31. The quantitative estimate of drug-likeness (QED) is 0.530. The van der Waals surface area contributed by atoms with Gasteiger partial charge in [0.05, 0.1) is 25.3 Å². The fraction of sp³-hybridized carbons (Fsp3) is 0.471. The van der Waals surface area contributed by atoms with Gasteiger partial charge in [0, 0.05) is 12.7 Å². The lowest BCUT2D eigenvalue weighted by atomic mass is 10.0. The number of carbonyl (C=O) groups excluding carboxylic acids is 1. The number of fused-ring (bicyclic) bond motifs is 1. The molecule has 2 aliphatic heterocycles. The Labute approximate surface area is 164 Å². The van der Waals surface area contributed by atoms with E-state index in [9.17, 15) is 9.59 Å². The van der Waals surface area contributed by atoms with E-state index >= 15 is 0 Å². The average molecular weight is 397 g/mol. The number of aromatic nitrogens is 8. The molecule has 5 heterocycles. The Morgan fingerprint density at radius 3 is 3.00 bits per heavy atom. The molecule has 3 aromatic heterocycles. The fourth-order valence-corrected chi connectivity index (χ4v) is 3.85. The molecule has 0 N–H and O–H groups in total. The summed E-state index contributed by atoms with van der Waals surface area (Å²) in [4.78, 5) is 31.4. The number of ether oxygens (including phenoxy) is 1. The van der Waals surface area contributed by atoms with E-state index in [1.807, 2.05) is 18.2 Å². The van der Waals surface area contributed by atoms with Crippen LogP contribution in [0.4, 0.5) is 0 Å². The molecule has 12 nitrogen and oxygen atoms in total. The van der Waals surface area contributed by atoms with Crippen molar-refractivity contribution in [2.75, 3.05) is 13.1 Å². The molecular formula is C17H19N9O3. The van der Waals surface area contributed by atoms with Crippen molar-refractivity contribution in [2.24, 2.45) is 0 Å². The van der Waals surface area contributed by atoms with Gasteiger partial charge in [-0.25, -0.2) is 14.2 Å². The summed E-state index contributed by atoms with van der Waals surface area (Å²) < 4.78 is 10.5. The van der Waals surface area contributed by atoms with Gasteiger partial charge in [-0.05, 0) is 29.0 Å². The van der Waals surface area contributed by atoms with E-state index in [0.29, 0.717) is 38.4 Å². The van der Waals surface area contributed by atoms with Crippen LogP contribution in [-0.4, -0.2) is 69.0 Å². The van der Waals surface area contributed by atoms with E-state index in [2.05, 4.69) is 25.6 Å². The third-order valence-corrected chi connectivity index (χ3v) is 5.35. The van der Waals surface area contributed by atoms with Crippen molar-refractivity contribution in [1.82, 2.24) is 44.4 Å². The van der Waals surface area contributed by atoms with Gasteiger partial charge in [-0.3, -0.25) is 14.3 Å². The maximum absolute atomic E-state index is 12.9. The first-order chi connectivity index (χ1) is 14.1. The van der Waals surface area contributed by atoms with E-state index in [1.54, 1.807) is 15.7 Å². The number of nitrogens with zero attached hydrogens (tertiary/aromatic N) is 9. The van der Waals surface area contributed by atoms with E-state index in [4.69, 9.17) is 4.74 Å². The zero-order valence-electron chi connectivity index (χ0n) is 15.6. The first kappa shape index (κ1) is 17.7. The minimum Gasteiger partial charge on any atom is -0.363 e. The molecule has 0 bridgehead atoms. The Morgan fingerprint density at radius 1 is 1.28 bits per heavy atom. The van der Waals surface area contributed by atoms with Crippen molar-refractivity contribution in [3.63, 3.8) is 0 Å². The van der Waals surface area contributed by atoms with Crippen molar-refractivity contribution in [2.45, 2.75) is 38.3 Å². The van der Waals surface area contributed by atoms with Crippen LogP contribution in [0.3, 0.4) is 0 Å². The van der Waals surface area contributed by atoms with Gasteiger partial charge in [0.2, 0.25) is 5.91 Å². The van der Waals surface area contributed by atoms with Gasteiger partial charge in [-0.2, -0.15) is 5.10 Å². The molecule has 1 unspecified atom stereocenters. The summed E-state index contributed by atoms with van der Waals surface area (Å²) >= 11 is 0. The Morgan fingerprint density at radius 2 is 2.21 bits per heavy atom. The Bertz CT molecular complexity index is 1080. The molecule has 0 saturated carbocycles. The molecule has 1 fully saturated rings. The van der Waals surface area contributed by atoms with Crippen molar-refractivity contribution < 1.29 is 9.53 Å². The predicted molar refractivity (Wildman–Crippen MR) is 96.4 cm³/mol. The summed E-state index contributed by atoms with van der Waals surface area (Å²) in [6.07, 6.45) is 3.75. The normalized spacial score (nSPS) is 20.9. The van der Waals surface area contributed by atoms with Gasteiger partial charge < -0.3 is 9.64 Å². The summed E-state index contributed by atoms with van der Waals surface area (Å²) in [6.45, 7) is 1.98. The van der Waals surface area contributed by atoms with Crippen LogP contribution in [0.2, 0.25) is 0 Å². The molecule has 29 heavy (non-hydrogen) atoms. The molecule has 0 radical (unpaired) electrons. The van der Waals surface area contributed by atoms with Crippen LogP contribution in [0.25, 0.3) is 0 Å². The first-order valence-electron chi connectivity index (χ1n) is 9.31. The number of carbonyl (C=O) groups is 1. The van der Waals surface area contributed by atoms with Crippen molar-refractivity contribution in [3.05, 3.63) is 52.7 Å². The molecule has 150 valence electrons. The molecule has 2 aliphatic rings. The zero-order valence-corrected chi connectivity index (χ0v) is 15.6. The lowest BCUT2D eigenvalue weighted by Gasteiger charge is -2.33. The fourth-order valence-electron chi connectivity index (χ4n) is 3.85. The monoisotopic (exact) mass is 397 g/mol. The lowest BCUT2D eigenvalue weighted by molar-refractivity contribution is -0.134. The van der Waals surface area contributed by atoms with Crippen LogP contribution < -0.4 is 5.69 Å². The minimum absolute atomic E-state index is 0.0796. The minimum atomic E-state index is -0.577. The Kier molecular flexibility index (Phi) is 4.19. The predicted octanol–water partition coefficient (Wildman–Crippen LogP) is -1.32. The van der Waals surface area contributed by atoms with Crippen LogP contribution in [0.1, 0.15) is 17.9 Å². The molecule has 12 heteroatoms. The van der Waals surface area contributed by atoms with Gasteiger partial charge >= 0.3 is 5.69 Å². The van der Waals surface area contributed by atoms with Crippen LogP contribution in [0, 0.1) is 0 Å². The van der Waals surface area contributed by atoms with Gasteiger partial charge in [0.1, 0.15) is 25.1 Å². The number of amides is 1. The highest BCUT2D eigenvalue weighted by Gasteiger charge is 2.45. The standard InChI is InChI=1S/C17H19N9O3/c27-15(8-24-12-19-21-22-24)23-6-4-17(10-23)11-25-14(9-29-17)20-26(16(25)28)7-13-3-1-2-5-18-13/h1-3,5,12H,4,6-11H2. The Hall–Kier alpha value is -3.41. The molecule has 0 aliphatic carbocycles. The molecule has 1 saturated heterocycles. The summed E-state index contributed by atoms with van der Waals surface area (Å²) in [7, 11) is 0. The molecule has 3 aromatic rings.